The number of rotatable bonds is 7. The Kier molecular flexibility index (Phi) is 5.21. The van der Waals surface area contributed by atoms with Gasteiger partial charge in [0.15, 0.2) is 21.4 Å². The Morgan fingerprint density at radius 3 is 2.82 bits per heavy atom. The molecule has 0 aliphatic carbocycles. The van der Waals surface area contributed by atoms with Gasteiger partial charge in [0.05, 0.1) is 12.4 Å². The SMILES string of the molecule is CCOc1cccnc1NCCS(=O)(=O)CC. The van der Waals surface area contributed by atoms with Gasteiger partial charge in [0, 0.05) is 18.5 Å². The van der Waals surface area contributed by atoms with Crippen molar-refractivity contribution < 1.29 is 13.2 Å². The van der Waals surface area contributed by atoms with Crippen molar-refractivity contribution >= 4 is 15.7 Å². The monoisotopic (exact) mass is 258 g/mol. The van der Waals surface area contributed by atoms with Gasteiger partial charge in [-0.3, -0.25) is 0 Å². The van der Waals surface area contributed by atoms with E-state index in [1.807, 2.05) is 6.92 Å². The summed E-state index contributed by atoms with van der Waals surface area (Å²) in [6.45, 7) is 4.42. The van der Waals surface area contributed by atoms with Crippen molar-refractivity contribution in [3.05, 3.63) is 18.3 Å². The van der Waals surface area contributed by atoms with Gasteiger partial charge < -0.3 is 10.1 Å². The number of pyridine rings is 1. The largest absolute Gasteiger partial charge is 0.490 e. The lowest BCUT2D eigenvalue weighted by Gasteiger charge is -2.10. The number of nitrogens with zero attached hydrogens (tertiary/aromatic N) is 1. The first kappa shape index (κ1) is 13.8. The molecule has 0 bridgehead atoms. The van der Waals surface area contributed by atoms with Gasteiger partial charge in [-0.05, 0) is 19.1 Å². The highest BCUT2D eigenvalue weighted by Gasteiger charge is 2.08. The highest BCUT2D eigenvalue weighted by molar-refractivity contribution is 7.91. The molecule has 96 valence electrons. The third-order valence-electron chi connectivity index (χ3n) is 2.22. The zero-order valence-electron chi connectivity index (χ0n) is 10.1. The van der Waals surface area contributed by atoms with E-state index in [-0.39, 0.29) is 11.5 Å². The van der Waals surface area contributed by atoms with Crippen LogP contribution in [-0.2, 0) is 9.84 Å². The molecule has 0 aromatic carbocycles. The fraction of sp³-hybridized carbons (Fsp3) is 0.545. The van der Waals surface area contributed by atoms with Gasteiger partial charge >= 0.3 is 0 Å². The highest BCUT2D eigenvalue weighted by atomic mass is 32.2. The van der Waals surface area contributed by atoms with E-state index in [1.54, 1.807) is 25.3 Å². The van der Waals surface area contributed by atoms with Crippen LogP contribution in [0.3, 0.4) is 0 Å². The summed E-state index contributed by atoms with van der Waals surface area (Å²) < 4.78 is 28.0. The van der Waals surface area contributed by atoms with Crippen molar-refractivity contribution in [2.24, 2.45) is 0 Å². The van der Waals surface area contributed by atoms with E-state index < -0.39 is 9.84 Å². The van der Waals surface area contributed by atoms with Crippen LogP contribution >= 0.6 is 0 Å². The van der Waals surface area contributed by atoms with Crippen molar-refractivity contribution in [1.82, 2.24) is 4.98 Å². The Morgan fingerprint density at radius 2 is 2.18 bits per heavy atom. The molecule has 1 N–H and O–H groups in total. The zero-order chi connectivity index (χ0) is 12.7. The summed E-state index contributed by atoms with van der Waals surface area (Å²) in [5.74, 6) is 1.49. The summed E-state index contributed by atoms with van der Waals surface area (Å²) in [7, 11) is -2.95. The Balaban J connectivity index is 2.57. The first-order valence-electron chi connectivity index (χ1n) is 5.61. The molecule has 1 aromatic heterocycles. The number of hydrogen-bond acceptors (Lipinski definition) is 5. The van der Waals surface area contributed by atoms with E-state index in [1.165, 1.54) is 0 Å². The number of sulfone groups is 1. The molecule has 6 heteroatoms. The molecule has 0 spiro atoms. The first-order chi connectivity index (χ1) is 8.09. The molecule has 0 saturated carbocycles. The van der Waals surface area contributed by atoms with Crippen LogP contribution < -0.4 is 10.1 Å². The minimum Gasteiger partial charge on any atom is -0.490 e. The molecule has 0 aliphatic rings. The van der Waals surface area contributed by atoms with Gasteiger partial charge in [0.1, 0.15) is 0 Å². The number of ether oxygens (including phenoxy) is 1. The minimum atomic E-state index is -2.95. The lowest BCUT2D eigenvalue weighted by atomic mass is 10.4. The molecule has 1 aromatic rings. The van der Waals surface area contributed by atoms with Gasteiger partial charge in [-0.25, -0.2) is 13.4 Å². The molecule has 0 aliphatic heterocycles. The molecule has 5 nitrogen and oxygen atoms in total. The smallest absolute Gasteiger partial charge is 0.168 e. The summed E-state index contributed by atoms with van der Waals surface area (Å²) in [4.78, 5) is 4.11. The van der Waals surface area contributed by atoms with Crippen LogP contribution in [-0.4, -0.2) is 38.1 Å². The first-order valence-corrected chi connectivity index (χ1v) is 7.43. The number of anilines is 1. The molecule has 0 unspecified atom stereocenters. The van der Waals surface area contributed by atoms with Crippen molar-refractivity contribution in [2.45, 2.75) is 13.8 Å². The van der Waals surface area contributed by atoms with E-state index in [0.29, 0.717) is 24.7 Å². The summed E-state index contributed by atoms with van der Waals surface area (Å²) in [5, 5.41) is 2.97. The summed E-state index contributed by atoms with van der Waals surface area (Å²) in [5.41, 5.74) is 0. The maximum absolute atomic E-state index is 11.3. The van der Waals surface area contributed by atoms with Crippen molar-refractivity contribution in [3.8, 4) is 5.75 Å². The molecule has 1 rings (SSSR count). The van der Waals surface area contributed by atoms with Gasteiger partial charge in [0.25, 0.3) is 0 Å². The average molecular weight is 258 g/mol. The van der Waals surface area contributed by atoms with E-state index in [0.717, 1.165) is 0 Å². The Bertz CT molecular complexity index is 446. The maximum atomic E-state index is 11.3. The third kappa shape index (κ3) is 4.60. The molecule has 17 heavy (non-hydrogen) atoms. The van der Waals surface area contributed by atoms with E-state index >= 15 is 0 Å². The molecule has 0 amide bonds. The van der Waals surface area contributed by atoms with Crippen molar-refractivity contribution in [1.29, 1.82) is 0 Å². The molecule has 1 heterocycles. The van der Waals surface area contributed by atoms with Gasteiger partial charge in [0.2, 0.25) is 0 Å². The fourth-order valence-electron chi connectivity index (χ4n) is 1.26. The lowest BCUT2D eigenvalue weighted by molar-refractivity contribution is 0.340. The molecule has 0 saturated heterocycles. The standard InChI is InChI=1S/C11H18N2O3S/c1-3-16-10-6-5-7-12-11(10)13-8-9-17(14,15)4-2/h5-7H,3-4,8-9H2,1-2H3,(H,12,13). The highest BCUT2D eigenvalue weighted by Crippen LogP contribution is 2.20. The lowest BCUT2D eigenvalue weighted by Crippen LogP contribution is -2.18. The zero-order valence-corrected chi connectivity index (χ0v) is 11.0. The molecule has 0 radical (unpaired) electrons. The van der Waals surface area contributed by atoms with Crippen molar-refractivity contribution in [3.63, 3.8) is 0 Å². The minimum absolute atomic E-state index is 0.103. The van der Waals surface area contributed by atoms with E-state index in [9.17, 15) is 8.42 Å². The maximum Gasteiger partial charge on any atom is 0.168 e. The van der Waals surface area contributed by atoms with Crippen LogP contribution in [0.1, 0.15) is 13.8 Å². The average Bonchev–Trinajstić information content (AvgIpc) is 2.31. The summed E-state index contributed by atoms with van der Waals surface area (Å²) in [6.07, 6.45) is 1.64. The van der Waals surface area contributed by atoms with Crippen LogP contribution in [0.15, 0.2) is 18.3 Å². The van der Waals surface area contributed by atoms with E-state index in [4.69, 9.17) is 4.74 Å². The summed E-state index contributed by atoms with van der Waals surface area (Å²) in [6, 6.07) is 3.58. The molecule has 0 fully saturated rings. The molecule has 0 atom stereocenters. The third-order valence-corrected chi connectivity index (χ3v) is 3.92. The predicted molar refractivity (Wildman–Crippen MR) is 68.2 cm³/mol. The van der Waals surface area contributed by atoms with Crippen LogP contribution in [0.4, 0.5) is 5.82 Å². The van der Waals surface area contributed by atoms with Crippen LogP contribution in [0.2, 0.25) is 0 Å². The fourth-order valence-corrected chi connectivity index (χ4v) is 1.97. The van der Waals surface area contributed by atoms with Crippen LogP contribution in [0.5, 0.6) is 5.75 Å². The van der Waals surface area contributed by atoms with E-state index in [2.05, 4.69) is 10.3 Å². The Hall–Kier alpha value is -1.30. The normalized spacial score (nSPS) is 11.2. The number of aromatic nitrogens is 1. The molecular formula is C11H18N2O3S. The van der Waals surface area contributed by atoms with Crippen molar-refractivity contribution in [2.75, 3.05) is 30.0 Å². The Labute approximate surface area is 102 Å². The van der Waals surface area contributed by atoms with Gasteiger partial charge in [-0.1, -0.05) is 6.92 Å². The number of hydrogen-bond donors (Lipinski definition) is 1. The quantitative estimate of drug-likeness (QED) is 0.799. The predicted octanol–water partition coefficient (Wildman–Crippen LogP) is 1.33. The topological polar surface area (TPSA) is 68.3 Å². The number of nitrogens with one attached hydrogen (secondary N) is 1. The van der Waals surface area contributed by atoms with Gasteiger partial charge in [-0.2, -0.15) is 0 Å². The van der Waals surface area contributed by atoms with Crippen LogP contribution in [0, 0.1) is 0 Å². The second-order valence-corrected chi connectivity index (χ2v) is 5.92. The Morgan fingerprint density at radius 1 is 1.41 bits per heavy atom. The second kappa shape index (κ2) is 6.44. The second-order valence-electron chi connectivity index (χ2n) is 3.45. The van der Waals surface area contributed by atoms with Crippen LogP contribution in [0.25, 0.3) is 0 Å². The summed E-state index contributed by atoms with van der Waals surface area (Å²) >= 11 is 0. The van der Waals surface area contributed by atoms with Gasteiger partial charge in [-0.15, -0.1) is 0 Å². The molecular weight excluding hydrogens is 240 g/mol.